The van der Waals surface area contributed by atoms with E-state index in [9.17, 15) is 4.79 Å². The molecule has 0 saturated carbocycles. The van der Waals surface area contributed by atoms with Crippen molar-refractivity contribution in [1.29, 1.82) is 0 Å². The topological polar surface area (TPSA) is 41.6 Å². The van der Waals surface area contributed by atoms with Crippen molar-refractivity contribution in [3.05, 3.63) is 57.0 Å². The molecule has 2 aromatic carbocycles. The Morgan fingerprint density at radius 1 is 1.33 bits per heavy atom. The molecule has 2 bridgehead atoms. The van der Waals surface area contributed by atoms with E-state index in [4.69, 9.17) is 16.3 Å². The van der Waals surface area contributed by atoms with Crippen molar-refractivity contribution in [2.24, 2.45) is 0 Å². The van der Waals surface area contributed by atoms with Crippen molar-refractivity contribution >= 4 is 39.2 Å². The summed E-state index contributed by atoms with van der Waals surface area (Å²) in [6.45, 7) is 3.88. The summed E-state index contributed by atoms with van der Waals surface area (Å²) >= 11 is 9.73. The minimum Gasteiger partial charge on any atom is -0.467 e. The van der Waals surface area contributed by atoms with Gasteiger partial charge >= 0.3 is 6.03 Å². The van der Waals surface area contributed by atoms with Gasteiger partial charge in [-0.1, -0.05) is 33.6 Å². The van der Waals surface area contributed by atoms with E-state index in [-0.39, 0.29) is 12.1 Å². The van der Waals surface area contributed by atoms with E-state index in [1.165, 1.54) is 0 Å². The molecular formula is C18H16BrClN2O2. The highest BCUT2D eigenvalue weighted by Crippen LogP contribution is 2.46. The first-order valence-corrected chi connectivity index (χ1v) is 8.90. The number of carbonyl (C=O) groups excluding carboxylic acids is 1. The van der Waals surface area contributed by atoms with Gasteiger partial charge in [-0.25, -0.2) is 4.79 Å². The molecule has 4 nitrogen and oxygen atoms in total. The van der Waals surface area contributed by atoms with Crippen LogP contribution in [0, 0.1) is 6.92 Å². The van der Waals surface area contributed by atoms with Gasteiger partial charge in [-0.05, 0) is 49.7 Å². The lowest BCUT2D eigenvalue weighted by molar-refractivity contribution is 0.0378. The molecular weight excluding hydrogens is 392 g/mol. The lowest BCUT2D eigenvalue weighted by Crippen LogP contribution is -2.65. The lowest BCUT2D eigenvalue weighted by atomic mass is 9.90. The van der Waals surface area contributed by atoms with E-state index < -0.39 is 5.72 Å². The molecule has 0 spiro atoms. The Morgan fingerprint density at radius 2 is 2.12 bits per heavy atom. The fourth-order valence-corrected chi connectivity index (χ4v) is 4.01. The van der Waals surface area contributed by atoms with Gasteiger partial charge in [0, 0.05) is 21.5 Å². The van der Waals surface area contributed by atoms with Crippen LogP contribution in [0.5, 0.6) is 5.75 Å². The first kappa shape index (κ1) is 15.8. The Kier molecular flexibility index (Phi) is 3.55. The summed E-state index contributed by atoms with van der Waals surface area (Å²) in [5.41, 5.74) is 1.94. The van der Waals surface area contributed by atoms with Crippen LogP contribution in [-0.2, 0) is 0 Å². The molecule has 2 unspecified atom stereocenters. The molecule has 2 heterocycles. The van der Waals surface area contributed by atoms with Crippen molar-refractivity contribution < 1.29 is 9.53 Å². The molecule has 2 aromatic rings. The van der Waals surface area contributed by atoms with Gasteiger partial charge in [0.15, 0.2) is 5.72 Å². The number of fused-ring (bicyclic) bond motifs is 4. The molecule has 1 N–H and O–H groups in total. The number of hydrogen-bond acceptors (Lipinski definition) is 2. The maximum Gasteiger partial charge on any atom is 0.325 e. The minimum absolute atomic E-state index is 0.0686. The summed E-state index contributed by atoms with van der Waals surface area (Å²) in [5, 5.41) is 3.71. The van der Waals surface area contributed by atoms with Crippen LogP contribution in [0.15, 0.2) is 40.9 Å². The number of rotatable bonds is 1. The summed E-state index contributed by atoms with van der Waals surface area (Å²) in [6.07, 6.45) is 0.660. The molecule has 0 radical (unpaired) electrons. The van der Waals surface area contributed by atoms with Gasteiger partial charge < -0.3 is 10.1 Å². The lowest BCUT2D eigenvalue weighted by Gasteiger charge is -2.50. The molecule has 2 aliphatic rings. The Hall–Kier alpha value is -1.72. The van der Waals surface area contributed by atoms with Crippen molar-refractivity contribution in [3.63, 3.8) is 0 Å². The van der Waals surface area contributed by atoms with Crippen LogP contribution in [-0.4, -0.2) is 11.8 Å². The highest BCUT2D eigenvalue weighted by atomic mass is 79.9. The van der Waals surface area contributed by atoms with Crippen LogP contribution in [0.3, 0.4) is 0 Å². The van der Waals surface area contributed by atoms with Crippen LogP contribution in [0.1, 0.15) is 30.5 Å². The number of urea groups is 1. The maximum absolute atomic E-state index is 12.8. The largest absolute Gasteiger partial charge is 0.467 e. The maximum atomic E-state index is 12.8. The molecule has 2 amide bonds. The second kappa shape index (κ2) is 5.39. The van der Waals surface area contributed by atoms with E-state index in [1.54, 1.807) is 4.90 Å². The highest BCUT2D eigenvalue weighted by Gasteiger charge is 2.49. The number of hydrogen-bond donors (Lipinski definition) is 1. The molecule has 2 atom stereocenters. The normalized spacial score (nSPS) is 24.9. The number of aryl methyl sites for hydroxylation is 1. The van der Waals surface area contributed by atoms with Crippen LogP contribution in [0.2, 0.25) is 5.02 Å². The first-order valence-electron chi connectivity index (χ1n) is 7.73. The molecule has 4 rings (SSSR count). The minimum atomic E-state index is -0.758. The molecule has 1 fully saturated rings. The number of halogens is 2. The van der Waals surface area contributed by atoms with Crippen molar-refractivity contribution in [1.82, 2.24) is 5.32 Å². The van der Waals surface area contributed by atoms with Crippen LogP contribution < -0.4 is 15.0 Å². The third-order valence-electron chi connectivity index (χ3n) is 4.65. The van der Waals surface area contributed by atoms with E-state index in [0.717, 1.165) is 27.0 Å². The van der Waals surface area contributed by atoms with E-state index >= 15 is 0 Å². The van der Waals surface area contributed by atoms with Gasteiger partial charge in [-0.3, -0.25) is 4.90 Å². The molecule has 0 aromatic heterocycles. The van der Waals surface area contributed by atoms with Crippen LogP contribution in [0.4, 0.5) is 10.5 Å². The van der Waals surface area contributed by atoms with Gasteiger partial charge in [0.1, 0.15) is 5.75 Å². The molecule has 6 heteroatoms. The Balaban J connectivity index is 1.80. The quantitative estimate of drug-likeness (QED) is 0.707. The van der Waals surface area contributed by atoms with Crippen molar-refractivity contribution in [2.45, 2.75) is 32.0 Å². The summed E-state index contributed by atoms with van der Waals surface area (Å²) in [4.78, 5) is 14.4. The highest BCUT2D eigenvalue weighted by molar-refractivity contribution is 9.10. The summed E-state index contributed by atoms with van der Waals surface area (Å²) < 4.78 is 7.22. The van der Waals surface area contributed by atoms with E-state index in [2.05, 4.69) is 21.2 Å². The van der Waals surface area contributed by atoms with Gasteiger partial charge in [0.05, 0.1) is 11.7 Å². The second-order valence-electron chi connectivity index (χ2n) is 6.43. The van der Waals surface area contributed by atoms with Gasteiger partial charge in [0.2, 0.25) is 0 Å². The number of carbonyl (C=O) groups is 1. The average Bonchev–Trinajstić information content (AvgIpc) is 2.51. The Morgan fingerprint density at radius 3 is 2.88 bits per heavy atom. The zero-order chi connectivity index (χ0) is 17.1. The number of nitrogens with one attached hydrogen (secondary N) is 1. The van der Waals surface area contributed by atoms with Gasteiger partial charge in [0.25, 0.3) is 0 Å². The summed E-state index contributed by atoms with van der Waals surface area (Å²) in [6, 6.07) is 11.2. The molecule has 2 aliphatic heterocycles. The molecule has 1 saturated heterocycles. The number of benzene rings is 2. The number of ether oxygens (including phenoxy) is 1. The third kappa shape index (κ3) is 2.38. The fourth-order valence-electron chi connectivity index (χ4n) is 3.46. The Bertz CT molecular complexity index is 857. The van der Waals surface area contributed by atoms with Gasteiger partial charge in [-0.15, -0.1) is 0 Å². The van der Waals surface area contributed by atoms with Crippen molar-refractivity contribution in [3.8, 4) is 5.75 Å². The second-order valence-corrected chi connectivity index (χ2v) is 7.76. The zero-order valence-electron chi connectivity index (χ0n) is 13.3. The summed E-state index contributed by atoms with van der Waals surface area (Å²) in [5.74, 6) is 0.792. The molecule has 124 valence electrons. The number of anilines is 1. The van der Waals surface area contributed by atoms with E-state index in [0.29, 0.717) is 11.4 Å². The fraction of sp³-hybridized carbons (Fsp3) is 0.278. The number of amides is 2. The summed E-state index contributed by atoms with van der Waals surface area (Å²) in [7, 11) is 0. The van der Waals surface area contributed by atoms with Crippen molar-refractivity contribution in [2.75, 3.05) is 4.90 Å². The van der Waals surface area contributed by atoms with Crippen LogP contribution >= 0.6 is 27.5 Å². The third-order valence-corrected chi connectivity index (χ3v) is 5.55. The zero-order valence-corrected chi connectivity index (χ0v) is 15.6. The standard InChI is InChI=1S/C18H16BrClN2O2/c1-10-3-5-12(8-14(10)20)22-17(23)21-15-9-18(22,2)24-16-6-4-11(19)7-13(15)16/h3-8,15H,9H2,1-2H3,(H,21,23). The van der Waals surface area contributed by atoms with E-state index in [1.807, 2.05) is 50.2 Å². The molecule has 0 aliphatic carbocycles. The smallest absolute Gasteiger partial charge is 0.325 e. The Labute approximate surface area is 153 Å². The molecule has 24 heavy (non-hydrogen) atoms. The predicted molar refractivity (Wildman–Crippen MR) is 97.7 cm³/mol. The monoisotopic (exact) mass is 406 g/mol. The first-order chi connectivity index (χ1) is 11.4. The number of nitrogens with zero attached hydrogens (tertiary/aromatic N) is 1. The van der Waals surface area contributed by atoms with Gasteiger partial charge in [-0.2, -0.15) is 0 Å². The average molecular weight is 408 g/mol. The van der Waals surface area contributed by atoms with Crippen LogP contribution in [0.25, 0.3) is 0 Å². The SMILES string of the molecule is Cc1ccc(N2C(=O)NC3CC2(C)Oc2ccc(Br)cc23)cc1Cl. The predicted octanol–water partition coefficient (Wildman–Crippen LogP) is 5.18.